The maximum atomic E-state index is 13.2. The summed E-state index contributed by atoms with van der Waals surface area (Å²) in [5, 5.41) is 13.1. The molecule has 1 fully saturated rings. The third-order valence-corrected chi connectivity index (χ3v) is 4.56. The number of nitrogens with one attached hydrogen (secondary N) is 3. The Hall–Kier alpha value is -3.47. The molecule has 2 atom stereocenters. The summed E-state index contributed by atoms with van der Waals surface area (Å²) < 4.78 is 25.3. The van der Waals surface area contributed by atoms with Gasteiger partial charge < -0.3 is 25.4 Å². The minimum absolute atomic E-state index is 0.261. The number of carbonyl (C=O) groups is 1. The standard InChI is InChI=1S/C19H22FN7O3/c1-21-16-9-15(24-13-4-3-5-22-19(13)30-7-6-29-2)26-17-11(10-23-27(16)17)18(28)25-14-8-12(14)20/h3-5,9-10,12,14,21H,6-8H2,1-2H3,(H,24,26)(H,25,28)/t12-,14+/m1/s1. The van der Waals surface area contributed by atoms with Gasteiger partial charge in [-0.25, -0.2) is 14.4 Å². The zero-order chi connectivity index (χ0) is 21.1. The number of carbonyl (C=O) groups excluding carboxylic acids is 1. The molecule has 0 aromatic carbocycles. The molecule has 0 unspecified atom stereocenters. The molecule has 0 aliphatic heterocycles. The molecule has 3 N–H and O–H groups in total. The summed E-state index contributed by atoms with van der Waals surface area (Å²) in [6, 6.07) is 4.87. The molecule has 3 aromatic rings. The van der Waals surface area contributed by atoms with E-state index in [9.17, 15) is 9.18 Å². The highest BCUT2D eigenvalue weighted by atomic mass is 19.1. The van der Waals surface area contributed by atoms with Crippen LogP contribution in [0.3, 0.4) is 0 Å². The number of rotatable bonds is 9. The molecule has 3 aromatic heterocycles. The number of hydrogen-bond acceptors (Lipinski definition) is 8. The number of ether oxygens (including phenoxy) is 2. The molecule has 1 saturated carbocycles. The molecule has 4 rings (SSSR count). The van der Waals surface area contributed by atoms with Crippen LogP contribution >= 0.6 is 0 Å². The Bertz CT molecular complexity index is 1060. The molecule has 1 aliphatic carbocycles. The van der Waals surface area contributed by atoms with E-state index in [4.69, 9.17) is 9.47 Å². The van der Waals surface area contributed by atoms with Crippen molar-refractivity contribution < 1.29 is 18.7 Å². The molecule has 158 valence electrons. The number of fused-ring (bicyclic) bond motifs is 1. The van der Waals surface area contributed by atoms with Crippen LogP contribution < -0.4 is 20.7 Å². The zero-order valence-corrected chi connectivity index (χ0v) is 16.6. The van der Waals surface area contributed by atoms with Crippen molar-refractivity contribution in [3.63, 3.8) is 0 Å². The summed E-state index contributed by atoms with van der Waals surface area (Å²) in [7, 11) is 3.33. The molecule has 1 amide bonds. The number of methoxy groups -OCH3 is 1. The monoisotopic (exact) mass is 415 g/mol. The van der Waals surface area contributed by atoms with Gasteiger partial charge in [0.05, 0.1) is 18.8 Å². The third kappa shape index (κ3) is 4.10. The normalized spacial score (nSPS) is 17.6. The summed E-state index contributed by atoms with van der Waals surface area (Å²) in [4.78, 5) is 21.3. The van der Waals surface area contributed by atoms with Crippen LogP contribution in [0, 0.1) is 0 Å². The highest BCUT2D eigenvalue weighted by Crippen LogP contribution is 2.28. The second kappa shape index (κ2) is 8.49. The molecular weight excluding hydrogens is 393 g/mol. The van der Waals surface area contributed by atoms with E-state index in [2.05, 4.69) is 31.0 Å². The number of halogens is 1. The van der Waals surface area contributed by atoms with Gasteiger partial charge in [0.25, 0.3) is 5.91 Å². The lowest BCUT2D eigenvalue weighted by Gasteiger charge is -2.13. The summed E-state index contributed by atoms with van der Waals surface area (Å²) in [5.74, 6) is 1.06. The van der Waals surface area contributed by atoms with Crippen LogP contribution in [0.25, 0.3) is 5.65 Å². The summed E-state index contributed by atoms with van der Waals surface area (Å²) >= 11 is 0. The first-order valence-electron chi connectivity index (χ1n) is 9.46. The van der Waals surface area contributed by atoms with Crippen LogP contribution in [0.15, 0.2) is 30.6 Å². The summed E-state index contributed by atoms with van der Waals surface area (Å²) in [5.41, 5.74) is 1.21. The minimum atomic E-state index is -0.990. The Morgan fingerprint density at radius 3 is 2.97 bits per heavy atom. The van der Waals surface area contributed by atoms with Crippen LogP contribution in [0.4, 0.5) is 21.7 Å². The number of aromatic nitrogens is 4. The van der Waals surface area contributed by atoms with Gasteiger partial charge >= 0.3 is 0 Å². The van der Waals surface area contributed by atoms with Crippen molar-refractivity contribution in [2.45, 2.75) is 18.6 Å². The highest BCUT2D eigenvalue weighted by Gasteiger charge is 2.39. The number of alkyl halides is 1. The predicted octanol–water partition coefficient (Wildman–Crippen LogP) is 1.77. The van der Waals surface area contributed by atoms with Crippen molar-refractivity contribution in [3.8, 4) is 5.88 Å². The van der Waals surface area contributed by atoms with Crippen molar-refractivity contribution in [2.24, 2.45) is 0 Å². The van der Waals surface area contributed by atoms with Gasteiger partial charge in [-0.05, 0) is 12.1 Å². The van der Waals surface area contributed by atoms with E-state index in [0.29, 0.717) is 48.5 Å². The SMILES string of the molecule is CNc1cc(Nc2cccnc2OCCOC)nc2c(C(=O)N[C@H]3C[C@H]3F)cnn12. The summed E-state index contributed by atoms with van der Waals surface area (Å²) in [6.45, 7) is 0.777. The average Bonchev–Trinajstić information content (AvgIpc) is 3.26. The molecule has 1 aliphatic rings. The van der Waals surface area contributed by atoms with Gasteiger partial charge in [0.15, 0.2) is 5.65 Å². The Kier molecular flexibility index (Phi) is 5.61. The molecular formula is C19H22FN7O3. The van der Waals surface area contributed by atoms with E-state index >= 15 is 0 Å². The molecule has 0 radical (unpaired) electrons. The fourth-order valence-electron chi connectivity index (χ4n) is 2.89. The number of hydrogen-bond donors (Lipinski definition) is 3. The number of amides is 1. The van der Waals surface area contributed by atoms with Gasteiger partial charge in [-0.2, -0.15) is 9.61 Å². The van der Waals surface area contributed by atoms with E-state index in [1.54, 1.807) is 38.6 Å². The fourth-order valence-corrected chi connectivity index (χ4v) is 2.89. The van der Waals surface area contributed by atoms with Crippen molar-refractivity contribution in [3.05, 3.63) is 36.2 Å². The first kappa shape index (κ1) is 19.8. The molecule has 0 bridgehead atoms. The molecule has 0 saturated heterocycles. The van der Waals surface area contributed by atoms with E-state index in [-0.39, 0.29) is 5.56 Å². The lowest BCUT2D eigenvalue weighted by molar-refractivity contribution is 0.0949. The van der Waals surface area contributed by atoms with Crippen molar-refractivity contribution in [1.29, 1.82) is 0 Å². The Morgan fingerprint density at radius 1 is 1.40 bits per heavy atom. The average molecular weight is 415 g/mol. The molecule has 0 spiro atoms. The van der Waals surface area contributed by atoms with E-state index < -0.39 is 18.1 Å². The Morgan fingerprint density at radius 2 is 2.23 bits per heavy atom. The smallest absolute Gasteiger partial charge is 0.257 e. The highest BCUT2D eigenvalue weighted by molar-refractivity contribution is 6.00. The molecule has 10 nitrogen and oxygen atoms in total. The molecule has 30 heavy (non-hydrogen) atoms. The van der Waals surface area contributed by atoms with Crippen molar-refractivity contribution >= 4 is 28.9 Å². The van der Waals surface area contributed by atoms with Crippen LogP contribution in [-0.2, 0) is 4.74 Å². The largest absolute Gasteiger partial charge is 0.474 e. The Balaban J connectivity index is 1.63. The lowest BCUT2D eigenvalue weighted by Crippen LogP contribution is -2.27. The van der Waals surface area contributed by atoms with E-state index in [1.165, 1.54) is 10.7 Å². The van der Waals surface area contributed by atoms with Gasteiger partial charge in [-0.1, -0.05) is 0 Å². The molecule has 11 heteroatoms. The lowest BCUT2D eigenvalue weighted by atomic mass is 10.3. The number of anilines is 3. The fraction of sp³-hybridized carbons (Fsp3) is 0.368. The van der Waals surface area contributed by atoms with E-state index in [0.717, 1.165) is 0 Å². The number of nitrogens with zero attached hydrogens (tertiary/aromatic N) is 4. The van der Waals surface area contributed by atoms with Gasteiger partial charge in [0, 0.05) is 32.8 Å². The van der Waals surface area contributed by atoms with Gasteiger partial charge in [-0.3, -0.25) is 4.79 Å². The van der Waals surface area contributed by atoms with Crippen LogP contribution in [-0.4, -0.2) is 65.1 Å². The second-order valence-electron chi connectivity index (χ2n) is 6.72. The van der Waals surface area contributed by atoms with Crippen molar-refractivity contribution in [1.82, 2.24) is 24.9 Å². The minimum Gasteiger partial charge on any atom is -0.474 e. The Labute approximate surface area is 171 Å². The van der Waals surface area contributed by atoms with E-state index in [1.807, 2.05) is 0 Å². The maximum Gasteiger partial charge on any atom is 0.257 e. The predicted molar refractivity (Wildman–Crippen MR) is 108 cm³/mol. The first-order chi connectivity index (χ1) is 14.6. The van der Waals surface area contributed by atoms with Gasteiger partial charge in [0.2, 0.25) is 5.88 Å². The maximum absolute atomic E-state index is 13.2. The van der Waals surface area contributed by atoms with Gasteiger partial charge in [0.1, 0.15) is 35.7 Å². The molecule has 3 heterocycles. The number of pyridine rings is 1. The summed E-state index contributed by atoms with van der Waals surface area (Å²) in [6.07, 6.45) is 2.38. The van der Waals surface area contributed by atoms with Crippen LogP contribution in [0.2, 0.25) is 0 Å². The van der Waals surface area contributed by atoms with Crippen molar-refractivity contribution in [2.75, 3.05) is 38.0 Å². The second-order valence-corrected chi connectivity index (χ2v) is 6.72. The topological polar surface area (TPSA) is 115 Å². The first-order valence-corrected chi connectivity index (χ1v) is 9.46. The van der Waals surface area contributed by atoms with Crippen LogP contribution in [0.5, 0.6) is 5.88 Å². The van der Waals surface area contributed by atoms with Crippen LogP contribution in [0.1, 0.15) is 16.8 Å². The van der Waals surface area contributed by atoms with Gasteiger partial charge in [-0.15, -0.1) is 0 Å². The third-order valence-electron chi connectivity index (χ3n) is 4.56. The zero-order valence-electron chi connectivity index (χ0n) is 16.6. The quantitative estimate of drug-likeness (QED) is 0.453.